The van der Waals surface area contributed by atoms with E-state index >= 15 is 0 Å². The zero-order valence-corrected chi connectivity index (χ0v) is 10.8. The van der Waals surface area contributed by atoms with E-state index in [1.54, 1.807) is 6.92 Å². The summed E-state index contributed by atoms with van der Waals surface area (Å²) in [6.45, 7) is 3.81. The number of hydrogen-bond acceptors (Lipinski definition) is 4. The number of carboxylic acids is 1. The number of carboxylic acid groups (broad SMARTS) is 1. The summed E-state index contributed by atoms with van der Waals surface area (Å²) in [7, 11) is 0. The first kappa shape index (κ1) is 13.0. The van der Waals surface area contributed by atoms with Crippen LogP contribution in [0.2, 0.25) is 0 Å². The third kappa shape index (κ3) is 3.07. The molecule has 0 aliphatic rings. The van der Waals surface area contributed by atoms with Crippen molar-refractivity contribution in [3.05, 3.63) is 53.1 Å². The van der Waals surface area contributed by atoms with Gasteiger partial charge in [0.25, 0.3) is 0 Å². The highest BCUT2D eigenvalue weighted by Crippen LogP contribution is 2.17. The minimum atomic E-state index is -1.02. The van der Waals surface area contributed by atoms with Gasteiger partial charge in [0.1, 0.15) is 12.4 Å². The summed E-state index contributed by atoms with van der Waals surface area (Å²) in [5.74, 6) is 0.209. The maximum Gasteiger partial charge on any atom is 0.339 e. The number of aryl methyl sites for hydroxylation is 2. The van der Waals surface area contributed by atoms with Crippen molar-refractivity contribution in [2.75, 3.05) is 0 Å². The largest absolute Gasteiger partial charge is 0.485 e. The monoisotopic (exact) mass is 258 g/mol. The second-order valence-electron chi connectivity index (χ2n) is 4.14. The first-order valence-corrected chi connectivity index (χ1v) is 5.82. The number of carbonyl (C=O) groups is 1. The van der Waals surface area contributed by atoms with Crippen molar-refractivity contribution in [3.63, 3.8) is 0 Å². The Kier molecular flexibility index (Phi) is 3.75. The van der Waals surface area contributed by atoms with E-state index in [1.165, 1.54) is 6.20 Å². The van der Waals surface area contributed by atoms with Gasteiger partial charge in [0.2, 0.25) is 0 Å². The molecule has 0 amide bonds. The van der Waals surface area contributed by atoms with E-state index in [2.05, 4.69) is 9.97 Å². The molecule has 0 aliphatic carbocycles. The normalized spacial score (nSPS) is 10.2. The van der Waals surface area contributed by atoms with Gasteiger partial charge in [-0.1, -0.05) is 18.2 Å². The maximum atomic E-state index is 10.8. The lowest BCUT2D eigenvalue weighted by atomic mass is 10.2. The first-order chi connectivity index (χ1) is 9.08. The molecule has 0 aliphatic heterocycles. The fourth-order valence-corrected chi connectivity index (χ4v) is 1.66. The Balaban J connectivity index is 2.11. The summed E-state index contributed by atoms with van der Waals surface area (Å²) in [5.41, 5.74) is 1.58. The second-order valence-corrected chi connectivity index (χ2v) is 4.14. The number of rotatable bonds is 4. The van der Waals surface area contributed by atoms with Crippen molar-refractivity contribution >= 4 is 5.97 Å². The number of aromatic nitrogens is 2. The molecule has 98 valence electrons. The summed E-state index contributed by atoms with van der Waals surface area (Å²) >= 11 is 0. The van der Waals surface area contributed by atoms with E-state index in [-0.39, 0.29) is 12.2 Å². The molecule has 2 rings (SSSR count). The molecule has 0 saturated heterocycles. The van der Waals surface area contributed by atoms with Gasteiger partial charge < -0.3 is 9.84 Å². The number of ether oxygens (including phenoxy) is 1. The average molecular weight is 258 g/mol. The van der Waals surface area contributed by atoms with Crippen molar-refractivity contribution in [1.82, 2.24) is 9.97 Å². The molecule has 0 radical (unpaired) electrons. The van der Waals surface area contributed by atoms with Crippen LogP contribution < -0.4 is 4.74 Å². The van der Waals surface area contributed by atoms with Gasteiger partial charge in [0, 0.05) is 6.20 Å². The third-order valence-corrected chi connectivity index (χ3v) is 2.71. The van der Waals surface area contributed by atoms with Crippen molar-refractivity contribution in [1.29, 1.82) is 0 Å². The van der Waals surface area contributed by atoms with Crippen LogP contribution in [-0.2, 0) is 6.61 Å². The fourth-order valence-electron chi connectivity index (χ4n) is 1.66. The summed E-state index contributed by atoms with van der Waals surface area (Å²) in [6, 6.07) is 7.65. The Morgan fingerprint density at radius 3 is 2.68 bits per heavy atom. The Morgan fingerprint density at radius 2 is 2.05 bits per heavy atom. The number of benzene rings is 1. The highest BCUT2D eigenvalue weighted by molar-refractivity contribution is 5.88. The second kappa shape index (κ2) is 5.48. The molecule has 1 heterocycles. The average Bonchev–Trinajstić information content (AvgIpc) is 2.37. The van der Waals surface area contributed by atoms with Gasteiger partial charge in [0.15, 0.2) is 5.82 Å². The summed E-state index contributed by atoms with van der Waals surface area (Å²) in [5, 5.41) is 8.89. The molecule has 2 aromatic rings. The lowest BCUT2D eigenvalue weighted by Crippen LogP contribution is -2.08. The molecule has 19 heavy (non-hydrogen) atoms. The smallest absolute Gasteiger partial charge is 0.339 e. The molecule has 5 nitrogen and oxygen atoms in total. The van der Waals surface area contributed by atoms with Crippen LogP contribution >= 0.6 is 0 Å². The van der Waals surface area contributed by atoms with Gasteiger partial charge in [-0.15, -0.1) is 0 Å². The van der Waals surface area contributed by atoms with E-state index < -0.39 is 5.97 Å². The van der Waals surface area contributed by atoms with Crippen molar-refractivity contribution < 1.29 is 14.6 Å². The van der Waals surface area contributed by atoms with Crippen LogP contribution in [0.4, 0.5) is 0 Å². The molecule has 0 unspecified atom stereocenters. The van der Waals surface area contributed by atoms with Crippen LogP contribution in [0.1, 0.15) is 27.4 Å². The topological polar surface area (TPSA) is 72.3 Å². The number of nitrogens with zero attached hydrogens (tertiary/aromatic N) is 2. The minimum absolute atomic E-state index is 0.111. The fraction of sp³-hybridized carbons (Fsp3) is 0.214. The molecule has 0 saturated carbocycles. The third-order valence-electron chi connectivity index (χ3n) is 2.71. The van der Waals surface area contributed by atoms with Crippen LogP contribution in [0.3, 0.4) is 0 Å². The van der Waals surface area contributed by atoms with Gasteiger partial charge in [-0.2, -0.15) is 0 Å². The highest BCUT2D eigenvalue weighted by Gasteiger charge is 2.10. The van der Waals surface area contributed by atoms with Crippen LogP contribution in [0.15, 0.2) is 30.5 Å². The van der Waals surface area contributed by atoms with Crippen LogP contribution in [0.5, 0.6) is 5.75 Å². The molecule has 1 aromatic carbocycles. The molecule has 5 heteroatoms. The van der Waals surface area contributed by atoms with Crippen molar-refractivity contribution in [2.45, 2.75) is 20.5 Å². The van der Waals surface area contributed by atoms with Gasteiger partial charge in [-0.25, -0.2) is 14.8 Å². The predicted octanol–water partition coefficient (Wildman–Crippen LogP) is 2.37. The predicted molar refractivity (Wildman–Crippen MR) is 69.2 cm³/mol. The summed E-state index contributed by atoms with van der Waals surface area (Å²) in [6.07, 6.45) is 1.31. The molecular formula is C14H14N2O3. The SMILES string of the molecule is Cc1ccccc1OCc1ncc(C(=O)O)c(C)n1. The lowest BCUT2D eigenvalue weighted by Gasteiger charge is -2.08. The zero-order chi connectivity index (χ0) is 13.8. The quantitative estimate of drug-likeness (QED) is 0.911. The zero-order valence-electron chi connectivity index (χ0n) is 10.8. The van der Waals surface area contributed by atoms with Crippen LogP contribution in [0.25, 0.3) is 0 Å². The standard InChI is InChI=1S/C14H14N2O3/c1-9-5-3-4-6-12(9)19-8-13-15-7-11(14(17)18)10(2)16-13/h3-7H,8H2,1-2H3,(H,17,18). The van der Waals surface area contributed by atoms with E-state index in [4.69, 9.17) is 9.84 Å². The number of para-hydroxylation sites is 1. The first-order valence-electron chi connectivity index (χ1n) is 5.82. The maximum absolute atomic E-state index is 10.8. The molecule has 0 bridgehead atoms. The minimum Gasteiger partial charge on any atom is -0.485 e. The van der Waals surface area contributed by atoms with E-state index in [0.29, 0.717) is 11.5 Å². The summed E-state index contributed by atoms with van der Waals surface area (Å²) in [4.78, 5) is 19.0. The Hall–Kier alpha value is -2.43. The molecule has 0 fully saturated rings. The molecule has 1 aromatic heterocycles. The van der Waals surface area contributed by atoms with Gasteiger partial charge in [0.05, 0.1) is 11.3 Å². The molecule has 1 N–H and O–H groups in total. The molecular weight excluding hydrogens is 244 g/mol. The summed E-state index contributed by atoms with van der Waals surface area (Å²) < 4.78 is 5.61. The van der Waals surface area contributed by atoms with Crippen molar-refractivity contribution in [3.8, 4) is 5.75 Å². The van der Waals surface area contributed by atoms with E-state index in [9.17, 15) is 4.79 Å². The van der Waals surface area contributed by atoms with E-state index in [0.717, 1.165) is 11.3 Å². The Labute approximate surface area is 110 Å². The van der Waals surface area contributed by atoms with Gasteiger partial charge in [-0.05, 0) is 25.5 Å². The Bertz CT molecular complexity index is 611. The number of hydrogen-bond donors (Lipinski definition) is 1. The van der Waals surface area contributed by atoms with Crippen molar-refractivity contribution in [2.24, 2.45) is 0 Å². The van der Waals surface area contributed by atoms with Crippen LogP contribution in [0, 0.1) is 13.8 Å². The number of aromatic carboxylic acids is 1. The van der Waals surface area contributed by atoms with Gasteiger partial charge in [-0.3, -0.25) is 0 Å². The lowest BCUT2D eigenvalue weighted by molar-refractivity contribution is 0.0695. The molecule has 0 atom stereocenters. The molecule has 0 spiro atoms. The Morgan fingerprint density at radius 1 is 1.32 bits per heavy atom. The highest BCUT2D eigenvalue weighted by atomic mass is 16.5. The van der Waals surface area contributed by atoms with E-state index in [1.807, 2.05) is 31.2 Å². The van der Waals surface area contributed by atoms with Crippen LogP contribution in [-0.4, -0.2) is 21.0 Å². The van der Waals surface area contributed by atoms with Gasteiger partial charge >= 0.3 is 5.97 Å².